The Bertz CT molecular complexity index is 1050. The van der Waals surface area contributed by atoms with E-state index in [0.717, 1.165) is 44.5 Å². The minimum atomic E-state index is -0.441. The van der Waals surface area contributed by atoms with Crippen molar-refractivity contribution < 1.29 is 14.5 Å². The number of hydrogen-bond donors (Lipinski definition) is 1. The SMILES string of the molecule is Cc1ccc(NC(=O)C2CCN(C3CCN(C(=O)c4ccc(C)c([N+](=O)[O-])c4)CC3)CC2)cc1. The lowest BCUT2D eigenvalue weighted by atomic mass is 9.92. The summed E-state index contributed by atoms with van der Waals surface area (Å²) in [4.78, 5) is 40.6. The molecule has 0 aliphatic carbocycles. The van der Waals surface area contributed by atoms with Crippen LogP contribution in [0.4, 0.5) is 11.4 Å². The molecule has 2 aliphatic heterocycles. The number of nitro groups is 1. The molecule has 2 aliphatic rings. The fourth-order valence-electron chi connectivity index (χ4n) is 4.96. The number of amides is 2. The first kappa shape index (κ1) is 23.9. The minimum absolute atomic E-state index is 0.0185. The van der Waals surface area contributed by atoms with Gasteiger partial charge in [-0.3, -0.25) is 19.7 Å². The van der Waals surface area contributed by atoms with Crippen molar-refractivity contribution >= 4 is 23.2 Å². The second-order valence-corrected chi connectivity index (χ2v) is 9.45. The molecule has 34 heavy (non-hydrogen) atoms. The van der Waals surface area contributed by atoms with Crippen LogP contribution < -0.4 is 5.32 Å². The average Bonchev–Trinajstić information content (AvgIpc) is 2.85. The molecule has 0 atom stereocenters. The Morgan fingerprint density at radius 3 is 2.21 bits per heavy atom. The Balaban J connectivity index is 1.25. The molecule has 8 heteroatoms. The van der Waals surface area contributed by atoms with Crippen molar-refractivity contribution in [2.45, 2.75) is 45.6 Å². The number of benzene rings is 2. The average molecular weight is 465 g/mol. The van der Waals surface area contributed by atoms with Crippen LogP contribution in [-0.2, 0) is 4.79 Å². The van der Waals surface area contributed by atoms with Gasteiger partial charge < -0.3 is 15.1 Å². The van der Waals surface area contributed by atoms with Gasteiger partial charge in [0.2, 0.25) is 5.91 Å². The predicted molar refractivity (Wildman–Crippen MR) is 131 cm³/mol. The number of nitro benzene ring substituents is 1. The molecule has 2 saturated heterocycles. The number of anilines is 1. The van der Waals surface area contributed by atoms with E-state index in [1.807, 2.05) is 31.2 Å². The maximum atomic E-state index is 12.9. The number of rotatable bonds is 5. The largest absolute Gasteiger partial charge is 0.339 e. The highest BCUT2D eigenvalue weighted by Crippen LogP contribution is 2.26. The van der Waals surface area contributed by atoms with Gasteiger partial charge in [0.05, 0.1) is 4.92 Å². The second kappa shape index (κ2) is 10.3. The third kappa shape index (κ3) is 5.44. The van der Waals surface area contributed by atoms with E-state index in [-0.39, 0.29) is 23.4 Å². The quantitative estimate of drug-likeness (QED) is 0.529. The van der Waals surface area contributed by atoms with Crippen LogP contribution in [0.5, 0.6) is 0 Å². The molecular formula is C26H32N4O4. The van der Waals surface area contributed by atoms with Crippen molar-refractivity contribution in [3.63, 3.8) is 0 Å². The molecule has 0 unspecified atom stereocenters. The summed E-state index contributed by atoms with van der Waals surface area (Å²) in [5.41, 5.74) is 2.91. The van der Waals surface area contributed by atoms with Gasteiger partial charge in [0.25, 0.3) is 11.6 Å². The summed E-state index contributed by atoms with van der Waals surface area (Å²) in [5, 5.41) is 14.2. The number of nitrogens with zero attached hydrogens (tertiary/aromatic N) is 3. The maximum absolute atomic E-state index is 12.9. The summed E-state index contributed by atoms with van der Waals surface area (Å²) in [5.74, 6) is -0.0271. The summed E-state index contributed by atoms with van der Waals surface area (Å²) < 4.78 is 0. The first-order valence-electron chi connectivity index (χ1n) is 12.0. The first-order valence-corrected chi connectivity index (χ1v) is 12.0. The van der Waals surface area contributed by atoms with Crippen molar-refractivity contribution in [1.82, 2.24) is 9.80 Å². The fourth-order valence-corrected chi connectivity index (χ4v) is 4.96. The highest BCUT2D eigenvalue weighted by atomic mass is 16.6. The predicted octanol–water partition coefficient (Wildman–Crippen LogP) is 4.17. The molecule has 2 amide bonds. The van der Waals surface area contributed by atoms with E-state index < -0.39 is 4.92 Å². The highest BCUT2D eigenvalue weighted by molar-refractivity contribution is 5.95. The second-order valence-electron chi connectivity index (χ2n) is 9.45. The smallest absolute Gasteiger partial charge is 0.273 e. The molecule has 0 saturated carbocycles. The van der Waals surface area contributed by atoms with E-state index in [2.05, 4.69) is 10.2 Å². The van der Waals surface area contributed by atoms with Crippen molar-refractivity contribution in [2.24, 2.45) is 5.92 Å². The molecule has 1 N–H and O–H groups in total. The van der Waals surface area contributed by atoms with E-state index >= 15 is 0 Å². The van der Waals surface area contributed by atoms with E-state index in [4.69, 9.17) is 0 Å². The summed E-state index contributed by atoms with van der Waals surface area (Å²) >= 11 is 0. The monoisotopic (exact) mass is 464 g/mol. The first-order chi connectivity index (χ1) is 16.3. The third-order valence-corrected chi connectivity index (χ3v) is 7.14. The zero-order chi connectivity index (χ0) is 24.2. The van der Waals surface area contributed by atoms with Gasteiger partial charge in [-0.15, -0.1) is 0 Å². The Labute approximate surface area is 200 Å². The van der Waals surface area contributed by atoms with Crippen molar-refractivity contribution in [3.05, 3.63) is 69.3 Å². The van der Waals surface area contributed by atoms with Crippen LogP contribution in [0, 0.1) is 29.9 Å². The normalized spacial score (nSPS) is 18.0. The van der Waals surface area contributed by atoms with Gasteiger partial charge in [0, 0.05) is 47.9 Å². The summed E-state index contributed by atoms with van der Waals surface area (Å²) in [6, 6.07) is 13.0. The molecule has 0 spiro atoms. The lowest BCUT2D eigenvalue weighted by Gasteiger charge is -2.41. The molecule has 2 heterocycles. The number of hydrogen-bond acceptors (Lipinski definition) is 5. The third-order valence-electron chi connectivity index (χ3n) is 7.14. The number of piperidine rings is 2. The minimum Gasteiger partial charge on any atom is -0.339 e. The number of nitrogens with one attached hydrogen (secondary N) is 1. The van der Waals surface area contributed by atoms with Crippen LogP contribution in [0.3, 0.4) is 0 Å². The Kier molecular flexibility index (Phi) is 7.26. The Morgan fingerprint density at radius 2 is 1.59 bits per heavy atom. The molecule has 180 valence electrons. The topological polar surface area (TPSA) is 95.8 Å². The highest BCUT2D eigenvalue weighted by Gasteiger charge is 2.32. The number of carbonyl (C=O) groups excluding carboxylic acids is 2. The molecule has 2 aromatic carbocycles. The van der Waals surface area contributed by atoms with E-state index in [1.54, 1.807) is 24.0 Å². The molecule has 0 aromatic heterocycles. The molecule has 4 rings (SSSR count). The molecule has 0 bridgehead atoms. The molecule has 0 radical (unpaired) electrons. The van der Waals surface area contributed by atoms with Crippen LogP contribution in [0.15, 0.2) is 42.5 Å². The zero-order valence-corrected chi connectivity index (χ0v) is 19.8. The summed E-state index contributed by atoms with van der Waals surface area (Å²) in [6.45, 7) is 6.74. The summed E-state index contributed by atoms with van der Waals surface area (Å²) in [6.07, 6.45) is 3.42. The van der Waals surface area contributed by atoms with Crippen molar-refractivity contribution in [3.8, 4) is 0 Å². The van der Waals surface area contributed by atoms with E-state index in [0.29, 0.717) is 30.3 Å². The number of likely N-dealkylation sites (tertiary alicyclic amines) is 2. The van der Waals surface area contributed by atoms with Crippen molar-refractivity contribution in [1.29, 1.82) is 0 Å². The zero-order valence-electron chi connectivity index (χ0n) is 19.8. The van der Waals surface area contributed by atoms with Crippen LogP contribution in [0.1, 0.15) is 47.2 Å². The van der Waals surface area contributed by atoms with Gasteiger partial charge in [-0.25, -0.2) is 0 Å². The lowest BCUT2D eigenvalue weighted by molar-refractivity contribution is -0.385. The molecule has 2 aromatic rings. The van der Waals surface area contributed by atoms with Gasteiger partial charge in [-0.05, 0) is 70.8 Å². The van der Waals surface area contributed by atoms with Crippen LogP contribution in [0.2, 0.25) is 0 Å². The van der Waals surface area contributed by atoms with Gasteiger partial charge in [0.1, 0.15) is 0 Å². The Morgan fingerprint density at radius 1 is 0.941 bits per heavy atom. The fraction of sp³-hybridized carbons (Fsp3) is 0.462. The number of aryl methyl sites for hydroxylation is 2. The summed E-state index contributed by atoms with van der Waals surface area (Å²) in [7, 11) is 0. The van der Waals surface area contributed by atoms with Gasteiger partial charge in [-0.1, -0.05) is 23.8 Å². The standard InChI is InChI=1S/C26H32N4O4/c1-18-3-7-22(8-4-18)27-25(31)20-9-13-28(14-10-20)23-11-15-29(16-12-23)26(32)21-6-5-19(2)24(17-21)30(33)34/h3-8,17,20,23H,9-16H2,1-2H3,(H,27,31). The Hall–Kier alpha value is -3.26. The van der Waals surface area contributed by atoms with Crippen molar-refractivity contribution in [2.75, 3.05) is 31.5 Å². The lowest BCUT2D eigenvalue weighted by Crippen LogP contribution is -2.49. The van der Waals surface area contributed by atoms with Gasteiger partial charge in [0.15, 0.2) is 0 Å². The van der Waals surface area contributed by atoms with E-state index in [1.165, 1.54) is 11.6 Å². The van der Waals surface area contributed by atoms with Gasteiger partial charge >= 0.3 is 0 Å². The van der Waals surface area contributed by atoms with Crippen LogP contribution >= 0.6 is 0 Å². The number of carbonyl (C=O) groups is 2. The van der Waals surface area contributed by atoms with Gasteiger partial charge in [-0.2, -0.15) is 0 Å². The molecule has 2 fully saturated rings. The van der Waals surface area contributed by atoms with Crippen LogP contribution in [0.25, 0.3) is 0 Å². The van der Waals surface area contributed by atoms with E-state index in [9.17, 15) is 19.7 Å². The molecular weight excluding hydrogens is 432 g/mol. The van der Waals surface area contributed by atoms with Crippen LogP contribution in [-0.4, -0.2) is 58.8 Å². The molecule has 8 nitrogen and oxygen atoms in total. The maximum Gasteiger partial charge on any atom is 0.273 e.